The van der Waals surface area contributed by atoms with Crippen LogP contribution in [0.15, 0.2) is 60.7 Å². The molecule has 4 heteroatoms. The number of ether oxygens (including phenoxy) is 2. The van der Waals surface area contributed by atoms with E-state index in [0.29, 0.717) is 18.8 Å². The molecule has 4 nitrogen and oxygen atoms in total. The van der Waals surface area contributed by atoms with E-state index in [0.717, 1.165) is 51.9 Å². The molecule has 1 saturated carbocycles. The van der Waals surface area contributed by atoms with E-state index in [1.807, 2.05) is 0 Å². The van der Waals surface area contributed by atoms with Gasteiger partial charge in [-0.25, -0.2) is 0 Å². The fourth-order valence-electron chi connectivity index (χ4n) is 3.83. The number of aliphatic hydroxyl groups is 1. The molecule has 2 aromatic carbocycles. The number of benzene rings is 2. The first-order valence-corrected chi connectivity index (χ1v) is 10.5. The summed E-state index contributed by atoms with van der Waals surface area (Å²) in [5, 5.41) is 8.87. The Labute approximate surface area is 169 Å². The van der Waals surface area contributed by atoms with Crippen LogP contribution in [0.3, 0.4) is 0 Å². The van der Waals surface area contributed by atoms with E-state index in [9.17, 15) is 0 Å². The maximum absolute atomic E-state index is 8.87. The van der Waals surface area contributed by atoms with Gasteiger partial charge in [-0.05, 0) is 36.8 Å². The molecular weight excluding hydrogens is 350 g/mol. The molecule has 0 amide bonds. The van der Waals surface area contributed by atoms with Gasteiger partial charge < -0.3 is 14.6 Å². The summed E-state index contributed by atoms with van der Waals surface area (Å²) in [5.41, 5.74) is 2.67. The molecule has 1 aliphatic carbocycles. The smallest absolute Gasteiger partial charge is 0.0701 e. The number of aliphatic hydroxyl groups excluding tert-OH is 1. The summed E-state index contributed by atoms with van der Waals surface area (Å²) in [7, 11) is 0. The van der Waals surface area contributed by atoms with Crippen molar-refractivity contribution in [3.8, 4) is 0 Å². The summed E-state index contributed by atoms with van der Waals surface area (Å²) < 4.78 is 11.8. The molecule has 152 valence electrons. The largest absolute Gasteiger partial charge is 0.394 e. The second-order valence-corrected chi connectivity index (χ2v) is 7.55. The normalized spacial score (nSPS) is 19.8. The minimum absolute atomic E-state index is 0.106. The molecule has 0 spiro atoms. The zero-order valence-corrected chi connectivity index (χ0v) is 16.7. The molecule has 28 heavy (non-hydrogen) atoms. The van der Waals surface area contributed by atoms with E-state index in [1.54, 1.807) is 0 Å². The van der Waals surface area contributed by atoms with Crippen LogP contribution in [0, 0.1) is 0 Å². The Balaban J connectivity index is 1.45. The Hall–Kier alpha value is -1.72. The number of hydrogen-bond acceptors (Lipinski definition) is 4. The van der Waals surface area contributed by atoms with E-state index >= 15 is 0 Å². The maximum atomic E-state index is 8.87. The molecule has 3 rings (SSSR count). The van der Waals surface area contributed by atoms with Crippen molar-refractivity contribution >= 4 is 0 Å². The van der Waals surface area contributed by atoms with Crippen LogP contribution in [0.5, 0.6) is 0 Å². The lowest BCUT2D eigenvalue weighted by atomic mass is 9.95. The predicted molar refractivity (Wildman–Crippen MR) is 112 cm³/mol. The van der Waals surface area contributed by atoms with Gasteiger partial charge in [0, 0.05) is 19.6 Å². The molecule has 0 radical (unpaired) electrons. The quantitative estimate of drug-likeness (QED) is 0.636. The fraction of sp³-hybridized carbons (Fsp3) is 0.500. The van der Waals surface area contributed by atoms with Crippen molar-refractivity contribution < 1.29 is 14.6 Å². The van der Waals surface area contributed by atoms with Crippen LogP contribution < -0.4 is 0 Å². The molecular formula is C24H33NO3. The van der Waals surface area contributed by atoms with Crippen LogP contribution in [0.25, 0.3) is 0 Å². The highest BCUT2D eigenvalue weighted by Gasteiger charge is 2.22. The zero-order valence-electron chi connectivity index (χ0n) is 16.7. The van der Waals surface area contributed by atoms with Crippen molar-refractivity contribution in [2.75, 3.05) is 26.4 Å². The predicted octanol–water partition coefficient (Wildman–Crippen LogP) is 4.03. The third-order valence-electron chi connectivity index (χ3n) is 5.33. The van der Waals surface area contributed by atoms with Gasteiger partial charge in [0.2, 0.25) is 0 Å². The minimum Gasteiger partial charge on any atom is -0.394 e. The molecule has 0 bridgehead atoms. The van der Waals surface area contributed by atoms with Gasteiger partial charge in [0.1, 0.15) is 0 Å². The fourth-order valence-corrected chi connectivity index (χ4v) is 3.83. The lowest BCUT2D eigenvalue weighted by Gasteiger charge is -2.29. The number of hydrogen-bond donors (Lipinski definition) is 1. The van der Waals surface area contributed by atoms with Crippen LogP contribution in [-0.2, 0) is 22.6 Å². The van der Waals surface area contributed by atoms with Crippen molar-refractivity contribution in [1.82, 2.24) is 4.90 Å². The van der Waals surface area contributed by atoms with Crippen LogP contribution in [-0.4, -0.2) is 48.6 Å². The van der Waals surface area contributed by atoms with Crippen molar-refractivity contribution in [3.63, 3.8) is 0 Å². The van der Waals surface area contributed by atoms with Crippen LogP contribution in [0.1, 0.15) is 36.8 Å². The monoisotopic (exact) mass is 383 g/mol. The van der Waals surface area contributed by atoms with E-state index in [-0.39, 0.29) is 6.61 Å². The Kier molecular flexibility index (Phi) is 8.98. The molecule has 0 unspecified atom stereocenters. The summed E-state index contributed by atoms with van der Waals surface area (Å²) >= 11 is 0. The second-order valence-electron chi connectivity index (χ2n) is 7.55. The van der Waals surface area contributed by atoms with Gasteiger partial charge in [0.15, 0.2) is 0 Å². The van der Waals surface area contributed by atoms with Crippen molar-refractivity contribution in [2.45, 2.75) is 51.0 Å². The lowest BCUT2D eigenvalue weighted by molar-refractivity contribution is -0.0422. The summed E-state index contributed by atoms with van der Waals surface area (Å²) in [6.07, 6.45) is 4.79. The summed E-state index contributed by atoms with van der Waals surface area (Å²) in [6, 6.07) is 21.3. The Morgan fingerprint density at radius 1 is 0.714 bits per heavy atom. The molecule has 1 N–H and O–H groups in total. The summed E-state index contributed by atoms with van der Waals surface area (Å²) in [5.74, 6) is 0. The van der Waals surface area contributed by atoms with Gasteiger partial charge in [-0.3, -0.25) is 4.90 Å². The van der Waals surface area contributed by atoms with Gasteiger partial charge in [-0.1, -0.05) is 60.7 Å². The van der Waals surface area contributed by atoms with Gasteiger partial charge >= 0.3 is 0 Å². The van der Waals surface area contributed by atoms with Crippen molar-refractivity contribution in [2.24, 2.45) is 0 Å². The third-order valence-corrected chi connectivity index (χ3v) is 5.33. The molecule has 1 fully saturated rings. The molecule has 2 aromatic rings. The summed E-state index contributed by atoms with van der Waals surface area (Å²) in [6.45, 7) is 4.10. The molecule has 0 aromatic heterocycles. The van der Waals surface area contributed by atoms with Gasteiger partial charge in [-0.15, -0.1) is 0 Å². The first-order valence-electron chi connectivity index (χ1n) is 10.5. The Bertz CT molecular complexity index is 600. The van der Waals surface area contributed by atoms with E-state index in [2.05, 4.69) is 65.6 Å². The highest BCUT2D eigenvalue weighted by Crippen LogP contribution is 2.23. The van der Waals surface area contributed by atoms with Gasteiger partial charge in [0.25, 0.3) is 0 Å². The highest BCUT2D eigenvalue weighted by molar-refractivity contribution is 5.17. The van der Waals surface area contributed by atoms with Crippen molar-refractivity contribution in [1.29, 1.82) is 0 Å². The lowest BCUT2D eigenvalue weighted by Crippen LogP contribution is -2.31. The maximum Gasteiger partial charge on any atom is 0.0701 e. The SMILES string of the molecule is OCCO[C@H]1CC[C@H](OCCN(Cc2ccccc2)Cc2ccccc2)CC1. The molecule has 0 heterocycles. The molecule has 1 aliphatic rings. The number of nitrogens with zero attached hydrogens (tertiary/aromatic N) is 1. The van der Waals surface area contributed by atoms with E-state index in [1.165, 1.54) is 11.1 Å². The summed E-state index contributed by atoms with van der Waals surface area (Å²) in [4.78, 5) is 2.46. The second kappa shape index (κ2) is 12.0. The topological polar surface area (TPSA) is 41.9 Å². The Morgan fingerprint density at radius 2 is 1.18 bits per heavy atom. The van der Waals surface area contributed by atoms with Crippen LogP contribution >= 0.6 is 0 Å². The van der Waals surface area contributed by atoms with Gasteiger partial charge in [0.05, 0.1) is 32.0 Å². The standard InChI is InChI=1S/C24H33NO3/c26-16-18-28-24-13-11-23(12-14-24)27-17-15-25(19-21-7-3-1-4-8-21)20-22-9-5-2-6-10-22/h1-10,23-24,26H,11-20H2/t23-,24-. The molecule has 0 saturated heterocycles. The zero-order chi connectivity index (χ0) is 19.4. The minimum atomic E-state index is 0.106. The third kappa shape index (κ3) is 7.36. The first-order chi connectivity index (χ1) is 13.8. The molecule has 0 aliphatic heterocycles. The Morgan fingerprint density at radius 3 is 1.64 bits per heavy atom. The van der Waals surface area contributed by atoms with Crippen LogP contribution in [0.4, 0.5) is 0 Å². The van der Waals surface area contributed by atoms with Gasteiger partial charge in [-0.2, -0.15) is 0 Å². The highest BCUT2D eigenvalue weighted by atomic mass is 16.5. The van der Waals surface area contributed by atoms with E-state index in [4.69, 9.17) is 14.6 Å². The molecule has 0 atom stereocenters. The number of rotatable bonds is 11. The van der Waals surface area contributed by atoms with Crippen LogP contribution in [0.2, 0.25) is 0 Å². The average molecular weight is 384 g/mol. The van der Waals surface area contributed by atoms with Crippen molar-refractivity contribution in [3.05, 3.63) is 71.8 Å². The van der Waals surface area contributed by atoms with E-state index < -0.39 is 0 Å². The first kappa shape index (κ1) is 21.0. The average Bonchev–Trinajstić information content (AvgIpc) is 2.74.